The van der Waals surface area contributed by atoms with E-state index in [0.717, 1.165) is 51.4 Å². The number of carbonyl (C=O) groups is 3. The fourth-order valence-electron chi connectivity index (χ4n) is 5.07. The second-order valence-corrected chi connectivity index (χ2v) is 9.28. The van der Waals surface area contributed by atoms with Crippen molar-refractivity contribution >= 4 is 18.0 Å². The fourth-order valence-corrected chi connectivity index (χ4v) is 5.07. The molecule has 2 N–H and O–H groups in total. The normalized spacial score (nSPS) is 29.4. The minimum atomic E-state index is -0.935. The van der Waals surface area contributed by atoms with Gasteiger partial charge < -0.3 is 20.1 Å². The highest BCUT2D eigenvalue weighted by Gasteiger charge is 2.53. The molecule has 0 aromatic carbocycles. The molecule has 0 aromatic heterocycles. The van der Waals surface area contributed by atoms with E-state index < -0.39 is 29.7 Å². The van der Waals surface area contributed by atoms with E-state index in [9.17, 15) is 19.5 Å². The molecular weight excluding hydrogens is 348 g/mol. The van der Waals surface area contributed by atoms with Gasteiger partial charge in [-0.15, -0.1) is 0 Å². The average Bonchev–Trinajstić information content (AvgIpc) is 3.19. The number of piperidine rings is 1. The molecule has 152 valence electrons. The van der Waals surface area contributed by atoms with Gasteiger partial charge in [0.25, 0.3) is 0 Å². The zero-order chi connectivity index (χ0) is 19.8. The Hall–Kier alpha value is -1.79. The van der Waals surface area contributed by atoms with Gasteiger partial charge in [-0.05, 0) is 64.7 Å². The summed E-state index contributed by atoms with van der Waals surface area (Å²) in [5.74, 6) is -1.11. The number of hydrogen-bond donors (Lipinski definition) is 2. The van der Waals surface area contributed by atoms with Crippen LogP contribution in [0, 0.1) is 11.8 Å². The molecule has 3 fully saturated rings. The number of nitrogens with one attached hydrogen (secondary N) is 1. The van der Waals surface area contributed by atoms with Crippen molar-refractivity contribution in [1.82, 2.24) is 10.2 Å². The van der Waals surface area contributed by atoms with Crippen LogP contribution in [0.3, 0.4) is 0 Å². The molecule has 0 aromatic rings. The minimum Gasteiger partial charge on any atom is -0.480 e. The van der Waals surface area contributed by atoms with Crippen molar-refractivity contribution in [3.63, 3.8) is 0 Å². The van der Waals surface area contributed by atoms with Crippen LogP contribution in [-0.4, -0.2) is 51.7 Å². The Morgan fingerprint density at radius 2 is 1.74 bits per heavy atom. The van der Waals surface area contributed by atoms with Crippen LogP contribution in [0.1, 0.15) is 72.1 Å². The molecule has 2 amide bonds. The fraction of sp³-hybridized carbons (Fsp3) is 0.850. The number of fused-ring (bicyclic) bond motifs is 2. The summed E-state index contributed by atoms with van der Waals surface area (Å²) in [6, 6.07) is -1.49. The van der Waals surface area contributed by atoms with E-state index in [1.807, 2.05) is 0 Å². The number of carboxylic acid groups (broad SMARTS) is 1. The first-order valence-electron chi connectivity index (χ1n) is 10.2. The number of alkyl carbamates (subject to hydrolysis) is 1. The van der Waals surface area contributed by atoms with Gasteiger partial charge >= 0.3 is 12.1 Å². The van der Waals surface area contributed by atoms with Crippen LogP contribution in [0.25, 0.3) is 0 Å². The Kier molecular flexibility index (Phi) is 5.68. The quantitative estimate of drug-likeness (QED) is 0.782. The lowest BCUT2D eigenvalue weighted by Crippen LogP contribution is -2.58. The molecule has 0 radical (unpaired) electrons. The van der Waals surface area contributed by atoms with Gasteiger partial charge in [-0.1, -0.05) is 19.3 Å². The van der Waals surface area contributed by atoms with Gasteiger partial charge in [-0.25, -0.2) is 9.59 Å². The van der Waals surface area contributed by atoms with E-state index in [2.05, 4.69) is 5.32 Å². The highest BCUT2D eigenvalue weighted by molar-refractivity contribution is 5.90. The van der Waals surface area contributed by atoms with Crippen molar-refractivity contribution < 1.29 is 24.2 Å². The van der Waals surface area contributed by atoms with Crippen molar-refractivity contribution in [1.29, 1.82) is 0 Å². The van der Waals surface area contributed by atoms with E-state index in [1.165, 1.54) is 0 Å². The van der Waals surface area contributed by atoms with Crippen LogP contribution in [-0.2, 0) is 14.3 Å². The number of ether oxygens (including phenoxy) is 1. The van der Waals surface area contributed by atoms with Crippen LogP contribution in [0.4, 0.5) is 4.79 Å². The van der Waals surface area contributed by atoms with Crippen LogP contribution in [0.2, 0.25) is 0 Å². The van der Waals surface area contributed by atoms with Gasteiger partial charge in [0.1, 0.15) is 17.7 Å². The molecule has 3 rings (SSSR count). The second kappa shape index (κ2) is 7.68. The van der Waals surface area contributed by atoms with Gasteiger partial charge in [0.2, 0.25) is 5.91 Å². The summed E-state index contributed by atoms with van der Waals surface area (Å²) in [5, 5.41) is 12.5. The number of amides is 2. The van der Waals surface area contributed by atoms with Crippen LogP contribution >= 0.6 is 0 Å². The topological polar surface area (TPSA) is 95.9 Å². The molecule has 1 saturated heterocycles. The lowest BCUT2D eigenvalue weighted by atomic mass is 9.83. The van der Waals surface area contributed by atoms with Gasteiger partial charge in [0.15, 0.2) is 0 Å². The highest BCUT2D eigenvalue weighted by Crippen LogP contribution is 2.43. The molecule has 0 spiro atoms. The molecule has 4 atom stereocenters. The van der Waals surface area contributed by atoms with Crippen molar-refractivity contribution in [2.24, 2.45) is 11.8 Å². The number of nitrogens with zero attached hydrogens (tertiary/aromatic N) is 1. The number of rotatable bonds is 4. The largest absolute Gasteiger partial charge is 0.480 e. The van der Waals surface area contributed by atoms with E-state index >= 15 is 0 Å². The Morgan fingerprint density at radius 1 is 1.07 bits per heavy atom. The number of hydrogen-bond acceptors (Lipinski definition) is 4. The maximum absolute atomic E-state index is 13.4. The van der Waals surface area contributed by atoms with Crippen LogP contribution in [0.15, 0.2) is 0 Å². The van der Waals surface area contributed by atoms with E-state index in [-0.39, 0.29) is 23.8 Å². The molecule has 0 unspecified atom stereocenters. The van der Waals surface area contributed by atoms with Crippen molar-refractivity contribution in [2.45, 2.75) is 95.9 Å². The Labute approximate surface area is 160 Å². The highest BCUT2D eigenvalue weighted by atomic mass is 16.6. The van der Waals surface area contributed by atoms with Crippen molar-refractivity contribution in [3.05, 3.63) is 0 Å². The Morgan fingerprint density at radius 3 is 2.33 bits per heavy atom. The SMILES string of the molecule is CC(C)(C)OC(=O)N[C@H](C(=O)N1[C@@H]2CC[C@@H](C2)[C@H]1C(=O)O)C1CCCCC1. The summed E-state index contributed by atoms with van der Waals surface area (Å²) < 4.78 is 5.37. The third-order valence-corrected chi connectivity index (χ3v) is 6.15. The minimum absolute atomic E-state index is 0.0184. The molecule has 3 aliphatic rings. The standard InChI is InChI=1S/C20H32N2O5/c1-20(2,3)27-19(26)21-15(12-7-5-4-6-8-12)17(23)22-14-10-9-13(11-14)16(22)18(24)25/h12-16H,4-11H2,1-3H3,(H,21,26)(H,24,25)/t13-,14+,15-,16-/m0/s1. The molecule has 7 heteroatoms. The molecule has 1 heterocycles. The third-order valence-electron chi connectivity index (χ3n) is 6.15. The smallest absolute Gasteiger partial charge is 0.408 e. The first kappa shape index (κ1) is 20.0. The summed E-state index contributed by atoms with van der Waals surface area (Å²) >= 11 is 0. The van der Waals surface area contributed by atoms with E-state index in [4.69, 9.17) is 4.74 Å². The predicted octanol–water partition coefficient (Wildman–Crippen LogP) is 2.92. The van der Waals surface area contributed by atoms with Gasteiger partial charge in [-0.2, -0.15) is 0 Å². The molecular formula is C20H32N2O5. The summed E-state index contributed by atoms with van der Waals surface area (Å²) in [6.07, 6.45) is 6.78. The molecule has 7 nitrogen and oxygen atoms in total. The Bertz CT molecular complexity index is 594. The number of aliphatic carboxylic acids is 1. The predicted molar refractivity (Wildman–Crippen MR) is 99.1 cm³/mol. The van der Waals surface area contributed by atoms with Gasteiger partial charge in [-0.3, -0.25) is 4.79 Å². The molecule has 2 aliphatic carbocycles. The second-order valence-electron chi connectivity index (χ2n) is 9.28. The molecule has 2 saturated carbocycles. The monoisotopic (exact) mass is 380 g/mol. The van der Waals surface area contributed by atoms with Crippen molar-refractivity contribution in [2.75, 3.05) is 0 Å². The number of likely N-dealkylation sites (tertiary alicyclic amines) is 1. The first-order valence-corrected chi connectivity index (χ1v) is 10.2. The van der Waals surface area contributed by atoms with Gasteiger partial charge in [0, 0.05) is 6.04 Å². The zero-order valence-corrected chi connectivity index (χ0v) is 16.6. The maximum atomic E-state index is 13.4. The first-order chi connectivity index (χ1) is 12.7. The van der Waals surface area contributed by atoms with Crippen LogP contribution in [0.5, 0.6) is 0 Å². The zero-order valence-electron chi connectivity index (χ0n) is 16.6. The van der Waals surface area contributed by atoms with Gasteiger partial charge in [0.05, 0.1) is 0 Å². The summed E-state index contributed by atoms with van der Waals surface area (Å²) in [6.45, 7) is 5.34. The molecule has 27 heavy (non-hydrogen) atoms. The molecule has 2 bridgehead atoms. The van der Waals surface area contributed by atoms with E-state index in [1.54, 1.807) is 25.7 Å². The lowest BCUT2D eigenvalue weighted by Gasteiger charge is -2.38. The Balaban J connectivity index is 1.79. The van der Waals surface area contributed by atoms with Crippen LogP contribution < -0.4 is 5.32 Å². The average molecular weight is 380 g/mol. The maximum Gasteiger partial charge on any atom is 0.408 e. The summed E-state index contributed by atoms with van der Waals surface area (Å²) in [7, 11) is 0. The lowest BCUT2D eigenvalue weighted by molar-refractivity contribution is -0.154. The number of carbonyl (C=O) groups excluding carboxylic acids is 2. The van der Waals surface area contributed by atoms with E-state index in [0.29, 0.717) is 0 Å². The number of carboxylic acids is 1. The third kappa shape index (κ3) is 4.38. The summed E-state index contributed by atoms with van der Waals surface area (Å²) in [5.41, 5.74) is -0.652. The van der Waals surface area contributed by atoms with Crippen molar-refractivity contribution in [3.8, 4) is 0 Å². The summed E-state index contributed by atoms with van der Waals surface area (Å²) in [4.78, 5) is 39.2. The molecule has 1 aliphatic heterocycles.